The fourth-order valence-corrected chi connectivity index (χ4v) is 4.31. The summed E-state index contributed by atoms with van der Waals surface area (Å²) in [5.41, 5.74) is -1.20. The summed E-state index contributed by atoms with van der Waals surface area (Å²) in [6, 6.07) is 0.666. The van der Waals surface area contributed by atoms with Gasteiger partial charge in [0.25, 0.3) is 0 Å². The summed E-state index contributed by atoms with van der Waals surface area (Å²) >= 11 is 5.57. The van der Waals surface area contributed by atoms with Gasteiger partial charge in [0.1, 0.15) is 6.04 Å². The number of aliphatic carboxylic acids is 1. The molecule has 0 bridgehead atoms. The first-order valence-electron chi connectivity index (χ1n) is 6.16. The molecule has 0 radical (unpaired) electrons. The summed E-state index contributed by atoms with van der Waals surface area (Å²) < 4.78 is 63.8. The Balaban J connectivity index is 2.50. The van der Waals surface area contributed by atoms with E-state index in [9.17, 15) is 26.4 Å². The van der Waals surface area contributed by atoms with E-state index in [4.69, 9.17) is 16.7 Å². The Morgan fingerprint density at radius 3 is 2.50 bits per heavy atom. The van der Waals surface area contributed by atoms with Crippen molar-refractivity contribution in [1.82, 2.24) is 4.31 Å². The lowest BCUT2D eigenvalue weighted by molar-refractivity contribution is -0.141. The number of benzene rings is 1. The topological polar surface area (TPSA) is 74.7 Å². The van der Waals surface area contributed by atoms with Crippen LogP contribution in [-0.2, 0) is 21.0 Å². The lowest BCUT2D eigenvalue weighted by Gasteiger charge is -2.21. The van der Waals surface area contributed by atoms with Gasteiger partial charge in [0.05, 0.1) is 10.5 Å². The Labute approximate surface area is 129 Å². The number of carboxylic acids is 1. The molecule has 0 unspecified atom stereocenters. The van der Waals surface area contributed by atoms with Gasteiger partial charge in [-0.05, 0) is 31.0 Å². The van der Waals surface area contributed by atoms with Crippen LogP contribution in [-0.4, -0.2) is 36.4 Å². The molecule has 0 spiro atoms. The first kappa shape index (κ1) is 17.0. The maximum Gasteiger partial charge on any atom is 0.416 e. The average molecular weight is 358 g/mol. The van der Waals surface area contributed by atoms with Crippen molar-refractivity contribution in [3.05, 3.63) is 28.8 Å². The Hall–Kier alpha value is -1.32. The molecule has 122 valence electrons. The number of hydrogen-bond acceptors (Lipinski definition) is 3. The molecule has 0 aromatic heterocycles. The molecule has 0 amide bonds. The molecule has 1 aliphatic rings. The summed E-state index contributed by atoms with van der Waals surface area (Å²) in [6.45, 7) is -0.0623. The normalized spacial score (nSPS) is 20.3. The van der Waals surface area contributed by atoms with Gasteiger partial charge in [-0.3, -0.25) is 4.79 Å². The SMILES string of the molecule is O=C(O)[C@H]1CCCN1S(=O)(=O)c1cc(Cl)cc(C(F)(F)F)c1. The highest BCUT2D eigenvalue weighted by atomic mass is 35.5. The van der Waals surface area contributed by atoms with Crippen LogP contribution in [0.1, 0.15) is 18.4 Å². The smallest absolute Gasteiger partial charge is 0.416 e. The number of halogens is 4. The average Bonchev–Trinajstić information content (AvgIpc) is 2.86. The predicted octanol–water partition coefficient (Wildman–Crippen LogP) is 2.60. The summed E-state index contributed by atoms with van der Waals surface area (Å²) in [5.74, 6) is -1.33. The van der Waals surface area contributed by atoms with E-state index in [0.29, 0.717) is 22.9 Å². The van der Waals surface area contributed by atoms with Crippen LogP contribution in [0.4, 0.5) is 13.2 Å². The minimum Gasteiger partial charge on any atom is -0.480 e. The van der Waals surface area contributed by atoms with E-state index < -0.39 is 38.7 Å². The Bertz CT molecular complexity index is 705. The molecule has 1 aromatic rings. The number of hydrogen-bond donors (Lipinski definition) is 1. The Morgan fingerprint density at radius 2 is 1.95 bits per heavy atom. The lowest BCUT2D eigenvalue weighted by Crippen LogP contribution is -2.40. The monoisotopic (exact) mass is 357 g/mol. The Morgan fingerprint density at radius 1 is 1.32 bits per heavy atom. The molecule has 1 N–H and O–H groups in total. The van der Waals surface area contributed by atoms with Crippen LogP contribution in [0.25, 0.3) is 0 Å². The number of carboxylic acid groups (broad SMARTS) is 1. The van der Waals surface area contributed by atoms with Crippen LogP contribution in [0.5, 0.6) is 0 Å². The number of sulfonamides is 1. The van der Waals surface area contributed by atoms with Gasteiger partial charge in [0, 0.05) is 11.6 Å². The van der Waals surface area contributed by atoms with E-state index in [-0.39, 0.29) is 18.0 Å². The highest BCUT2D eigenvalue weighted by Crippen LogP contribution is 2.35. The highest BCUT2D eigenvalue weighted by molar-refractivity contribution is 7.89. The van der Waals surface area contributed by atoms with E-state index in [1.807, 2.05) is 0 Å². The van der Waals surface area contributed by atoms with E-state index in [2.05, 4.69) is 0 Å². The molecule has 1 fully saturated rings. The fraction of sp³-hybridized carbons (Fsp3) is 0.417. The molecular weight excluding hydrogens is 347 g/mol. The minimum absolute atomic E-state index is 0.0623. The standard InChI is InChI=1S/C12H11ClF3NO4S/c13-8-4-7(12(14,15)16)5-9(6-8)22(20,21)17-3-1-2-10(17)11(18)19/h4-6,10H,1-3H2,(H,18,19)/t10-/m1/s1. The van der Waals surface area contributed by atoms with Crippen molar-refractivity contribution in [2.24, 2.45) is 0 Å². The second-order valence-electron chi connectivity index (χ2n) is 4.79. The number of rotatable bonds is 3. The molecule has 5 nitrogen and oxygen atoms in total. The van der Waals surface area contributed by atoms with Gasteiger partial charge in [0.15, 0.2) is 0 Å². The fourth-order valence-electron chi connectivity index (χ4n) is 2.29. The first-order chi connectivity index (χ1) is 10.0. The van der Waals surface area contributed by atoms with Gasteiger partial charge in [-0.15, -0.1) is 0 Å². The van der Waals surface area contributed by atoms with Gasteiger partial charge in [0.2, 0.25) is 10.0 Å². The molecule has 22 heavy (non-hydrogen) atoms. The highest BCUT2D eigenvalue weighted by Gasteiger charge is 2.40. The first-order valence-corrected chi connectivity index (χ1v) is 7.98. The van der Waals surface area contributed by atoms with Crippen LogP contribution in [0, 0.1) is 0 Å². The third kappa shape index (κ3) is 3.21. The maximum atomic E-state index is 12.8. The second-order valence-corrected chi connectivity index (χ2v) is 7.11. The van der Waals surface area contributed by atoms with E-state index in [1.165, 1.54) is 0 Å². The van der Waals surface area contributed by atoms with Crippen LogP contribution in [0.3, 0.4) is 0 Å². The Kier molecular flexibility index (Phi) is 4.42. The molecule has 1 saturated heterocycles. The van der Waals surface area contributed by atoms with Crippen molar-refractivity contribution in [2.45, 2.75) is 30.0 Å². The largest absolute Gasteiger partial charge is 0.480 e. The van der Waals surface area contributed by atoms with Crippen LogP contribution >= 0.6 is 11.6 Å². The van der Waals surface area contributed by atoms with Gasteiger partial charge >= 0.3 is 12.1 Å². The molecule has 0 aliphatic carbocycles. The van der Waals surface area contributed by atoms with Crippen molar-refractivity contribution in [3.63, 3.8) is 0 Å². The molecule has 10 heteroatoms. The molecule has 0 saturated carbocycles. The minimum atomic E-state index is -4.76. The van der Waals surface area contributed by atoms with Gasteiger partial charge in [-0.1, -0.05) is 11.6 Å². The molecular formula is C12H11ClF3NO4S. The molecule has 2 rings (SSSR count). The van der Waals surface area contributed by atoms with Crippen molar-refractivity contribution >= 4 is 27.6 Å². The maximum absolute atomic E-state index is 12.8. The van der Waals surface area contributed by atoms with Crippen LogP contribution < -0.4 is 0 Å². The summed E-state index contributed by atoms with van der Waals surface area (Å²) in [7, 11) is -4.37. The third-order valence-corrected chi connectivity index (χ3v) is 5.40. The predicted molar refractivity (Wildman–Crippen MR) is 71.0 cm³/mol. The van der Waals surface area contributed by atoms with Crippen LogP contribution in [0.2, 0.25) is 5.02 Å². The zero-order valence-electron chi connectivity index (χ0n) is 11.0. The third-order valence-electron chi connectivity index (χ3n) is 3.29. The summed E-state index contributed by atoms with van der Waals surface area (Å²) in [5, 5.41) is 8.63. The van der Waals surface area contributed by atoms with E-state index in [0.717, 1.165) is 6.07 Å². The van der Waals surface area contributed by atoms with Gasteiger partial charge in [-0.25, -0.2) is 8.42 Å². The molecule has 1 atom stereocenters. The quantitative estimate of drug-likeness (QED) is 0.902. The van der Waals surface area contributed by atoms with E-state index in [1.54, 1.807) is 0 Å². The van der Waals surface area contributed by atoms with Crippen LogP contribution in [0.15, 0.2) is 23.1 Å². The summed E-state index contributed by atoms with van der Waals surface area (Å²) in [4.78, 5) is 10.4. The number of alkyl halides is 3. The van der Waals surface area contributed by atoms with Crippen molar-refractivity contribution in [1.29, 1.82) is 0 Å². The zero-order chi connectivity index (χ0) is 16.7. The van der Waals surface area contributed by atoms with Crippen molar-refractivity contribution in [3.8, 4) is 0 Å². The number of nitrogens with zero attached hydrogens (tertiary/aromatic N) is 1. The van der Waals surface area contributed by atoms with Gasteiger partial charge in [-0.2, -0.15) is 17.5 Å². The summed E-state index contributed by atoms with van der Waals surface area (Å²) in [6.07, 6.45) is -4.32. The zero-order valence-corrected chi connectivity index (χ0v) is 12.5. The van der Waals surface area contributed by atoms with E-state index >= 15 is 0 Å². The van der Waals surface area contributed by atoms with Crippen molar-refractivity contribution in [2.75, 3.05) is 6.54 Å². The molecule has 1 aromatic carbocycles. The lowest BCUT2D eigenvalue weighted by atomic mass is 10.2. The van der Waals surface area contributed by atoms with Gasteiger partial charge < -0.3 is 5.11 Å². The van der Waals surface area contributed by atoms with Crippen molar-refractivity contribution < 1.29 is 31.5 Å². The number of carbonyl (C=O) groups is 1. The second kappa shape index (κ2) is 5.71. The molecule has 1 aliphatic heterocycles. The molecule has 1 heterocycles.